The van der Waals surface area contributed by atoms with E-state index in [0.29, 0.717) is 22.5 Å². The Labute approximate surface area is 166 Å². The molecule has 7 atom stereocenters. The van der Waals surface area contributed by atoms with Crippen LogP contribution in [0, 0.1) is 35.5 Å². The van der Waals surface area contributed by atoms with Crippen LogP contribution in [-0.2, 0) is 14.4 Å². The third-order valence-corrected chi connectivity index (χ3v) is 7.49. The predicted molar refractivity (Wildman–Crippen MR) is 101 cm³/mol. The van der Waals surface area contributed by atoms with E-state index in [1.54, 1.807) is 25.1 Å². The molecule has 0 unspecified atom stereocenters. The van der Waals surface area contributed by atoms with E-state index in [1.807, 2.05) is 0 Å². The minimum absolute atomic E-state index is 0.143. The van der Waals surface area contributed by atoms with Gasteiger partial charge in [0.05, 0.1) is 27.6 Å². The van der Waals surface area contributed by atoms with E-state index in [4.69, 9.17) is 23.2 Å². The van der Waals surface area contributed by atoms with Gasteiger partial charge in [0, 0.05) is 0 Å². The summed E-state index contributed by atoms with van der Waals surface area (Å²) in [5.41, 5.74) is 0.362. The maximum Gasteiger partial charge on any atom is 0.247 e. The lowest BCUT2D eigenvalue weighted by Gasteiger charge is -2.37. The van der Waals surface area contributed by atoms with Gasteiger partial charge in [0.25, 0.3) is 0 Å². The number of halogens is 2. The predicted octanol–water partition coefficient (Wildman–Crippen LogP) is 3.37. The molecule has 4 aliphatic carbocycles. The SMILES string of the molecule is C[C@H](C(=O)Nc1cccc(Cl)c1Cl)N1C(=O)[C@@H]2[C@H]3C=C[C@@H]([C@@H]4C[C@H]34)[C@H]2C1=O. The molecule has 2 saturated carbocycles. The first-order valence-electron chi connectivity index (χ1n) is 9.20. The standard InChI is InChI=1S/C20H18Cl2N2O3/c1-8(18(25)23-14-4-2-3-13(21)17(14)22)24-19(26)15-9-5-6-10(12-7-11(9)12)16(15)20(24)27/h2-6,8-12,15-16H,7H2,1H3,(H,23,25)/t8-,9+,10+,11-,12+,15-,16-/m1/s1. The minimum atomic E-state index is -0.902. The average Bonchev–Trinajstić information content (AvgIpc) is 3.42. The van der Waals surface area contributed by atoms with Gasteiger partial charge in [0.2, 0.25) is 17.7 Å². The molecule has 0 radical (unpaired) electrons. The number of carbonyl (C=O) groups excluding carboxylic acids is 3. The number of hydrogen-bond acceptors (Lipinski definition) is 3. The maximum absolute atomic E-state index is 13.1. The summed E-state index contributed by atoms with van der Waals surface area (Å²) >= 11 is 12.1. The lowest BCUT2D eigenvalue weighted by atomic mass is 9.63. The van der Waals surface area contributed by atoms with Crippen LogP contribution in [0.5, 0.6) is 0 Å². The number of nitrogens with zero attached hydrogens (tertiary/aromatic N) is 1. The number of nitrogens with one attached hydrogen (secondary N) is 1. The summed E-state index contributed by atoms with van der Waals surface area (Å²) in [6.45, 7) is 1.58. The Hall–Kier alpha value is -1.85. The maximum atomic E-state index is 13.1. The molecule has 2 bridgehead atoms. The van der Waals surface area contributed by atoms with Gasteiger partial charge in [0.15, 0.2) is 0 Å². The first-order valence-corrected chi connectivity index (χ1v) is 9.96. The fraction of sp³-hybridized carbons (Fsp3) is 0.450. The number of carbonyl (C=O) groups is 3. The molecule has 3 amide bonds. The van der Waals surface area contributed by atoms with Crippen LogP contribution in [0.2, 0.25) is 10.0 Å². The number of likely N-dealkylation sites (tertiary alicyclic amines) is 1. The van der Waals surface area contributed by atoms with Gasteiger partial charge in [0.1, 0.15) is 6.04 Å². The van der Waals surface area contributed by atoms with Gasteiger partial charge in [-0.2, -0.15) is 0 Å². The third kappa shape index (κ3) is 2.34. The van der Waals surface area contributed by atoms with Crippen LogP contribution in [-0.4, -0.2) is 28.7 Å². The van der Waals surface area contributed by atoms with Crippen LogP contribution >= 0.6 is 23.2 Å². The van der Waals surface area contributed by atoms with E-state index in [0.717, 1.165) is 6.42 Å². The average molecular weight is 405 g/mol. The first-order chi connectivity index (χ1) is 12.9. The lowest BCUT2D eigenvalue weighted by Crippen LogP contribution is -2.46. The Morgan fingerprint density at radius 2 is 1.70 bits per heavy atom. The molecule has 0 spiro atoms. The molecule has 5 aliphatic rings. The molecule has 1 aliphatic heterocycles. The zero-order valence-corrected chi connectivity index (χ0v) is 16.1. The number of rotatable bonds is 3. The van der Waals surface area contributed by atoms with Crippen LogP contribution in [0.3, 0.4) is 0 Å². The van der Waals surface area contributed by atoms with Crippen LogP contribution in [0.4, 0.5) is 5.69 Å². The van der Waals surface area contributed by atoms with Crippen molar-refractivity contribution in [2.24, 2.45) is 35.5 Å². The molecule has 5 nitrogen and oxygen atoms in total. The molecular weight excluding hydrogens is 387 g/mol. The molecule has 1 saturated heterocycles. The molecule has 140 valence electrons. The highest BCUT2D eigenvalue weighted by Crippen LogP contribution is 2.65. The van der Waals surface area contributed by atoms with Gasteiger partial charge in [-0.1, -0.05) is 41.4 Å². The molecule has 1 heterocycles. The monoisotopic (exact) mass is 404 g/mol. The van der Waals surface area contributed by atoms with Crippen molar-refractivity contribution in [3.8, 4) is 0 Å². The van der Waals surface area contributed by atoms with Gasteiger partial charge in [-0.3, -0.25) is 19.3 Å². The molecule has 1 N–H and O–H groups in total. The Kier molecular flexibility index (Phi) is 3.72. The van der Waals surface area contributed by atoms with Gasteiger partial charge in [-0.15, -0.1) is 0 Å². The zero-order valence-electron chi connectivity index (χ0n) is 14.6. The number of benzene rings is 1. The van der Waals surface area contributed by atoms with E-state index in [1.165, 1.54) is 4.90 Å². The minimum Gasteiger partial charge on any atom is -0.323 e. The van der Waals surface area contributed by atoms with E-state index in [2.05, 4.69) is 17.5 Å². The second-order valence-corrected chi connectivity index (χ2v) is 8.75. The Bertz CT molecular complexity index is 878. The highest BCUT2D eigenvalue weighted by Gasteiger charge is 2.67. The highest BCUT2D eigenvalue weighted by atomic mass is 35.5. The Morgan fingerprint density at radius 1 is 1.11 bits per heavy atom. The first kappa shape index (κ1) is 17.3. The van der Waals surface area contributed by atoms with Crippen molar-refractivity contribution >= 4 is 46.6 Å². The molecule has 6 rings (SSSR count). The number of amides is 3. The number of allylic oxidation sites excluding steroid dienone is 2. The van der Waals surface area contributed by atoms with Crippen molar-refractivity contribution in [3.05, 3.63) is 40.4 Å². The van der Waals surface area contributed by atoms with Crippen molar-refractivity contribution in [1.29, 1.82) is 0 Å². The zero-order chi connectivity index (χ0) is 19.0. The Balaban J connectivity index is 1.39. The number of anilines is 1. The van der Waals surface area contributed by atoms with Gasteiger partial charge < -0.3 is 5.32 Å². The van der Waals surface area contributed by atoms with E-state index < -0.39 is 11.9 Å². The fourth-order valence-electron chi connectivity index (χ4n) is 5.32. The second-order valence-electron chi connectivity index (χ2n) is 7.97. The molecule has 0 aromatic heterocycles. The summed E-state index contributed by atoms with van der Waals surface area (Å²) in [5.74, 6) is -0.135. The summed E-state index contributed by atoms with van der Waals surface area (Å²) in [6.07, 6.45) is 5.34. The molecule has 3 fully saturated rings. The molecule has 7 heteroatoms. The van der Waals surface area contributed by atoms with Crippen LogP contribution in [0.25, 0.3) is 0 Å². The van der Waals surface area contributed by atoms with Crippen LogP contribution < -0.4 is 5.32 Å². The van der Waals surface area contributed by atoms with Crippen molar-refractivity contribution < 1.29 is 14.4 Å². The van der Waals surface area contributed by atoms with Crippen molar-refractivity contribution in [3.63, 3.8) is 0 Å². The lowest BCUT2D eigenvalue weighted by molar-refractivity contribution is -0.146. The van der Waals surface area contributed by atoms with E-state index in [9.17, 15) is 14.4 Å². The number of hydrogen-bond donors (Lipinski definition) is 1. The summed E-state index contributed by atoms with van der Waals surface area (Å²) in [4.78, 5) is 40.0. The third-order valence-electron chi connectivity index (χ3n) is 6.67. The summed E-state index contributed by atoms with van der Waals surface area (Å²) in [7, 11) is 0. The highest BCUT2D eigenvalue weighted by molar-refractivity contribution is 6.44. The second kappa shape index (κ2) is 5.82. The topological polar surface area (TPSA) is 66.5 Å². The molecule has 27 heavy (non-hydrogen) atoms. The van der Waals surface area contributed by atoms with E-state index in [-0.39, 0.29) is 40.5 Å². The summed E-state index contributed by atoms with van der Waals surface area (Å²) in [5, 5.41) is 3.24. The van der Waals surface area contributed by atoms with Crippen molar-refractivity contribution in [2.45, 2.75) is 19.4 Å². The fourth-order valence-corrected chi connectivity index (χ4v) is 5.66. The largest absolute Gasteiger partial charge is 0.323 e. The quantitative estimate of drug-likeness (QED) is 0.620. The van der Waals surface area contributed by atoms with Gasteiger partial charge in [-0.25, -0.2) is 0 Å². The summed E-state index contributed by atoms with van der Waals surface area (Å²) < 4.78 is 0. The smallest absolute Gasteiger partial charge is 0.247 e. The van der Waals surface area contributed by atoms with E-state index >= 15 is 0 Å². The number of imide groups is 1. The molecular formula is C20H18Cl2N2O3. The van der Waals surface area contributed by atoms with Crippen LogP contribution in [0.1, 0.15) is 13.3 Å². The van der Waals surface area contributed by atoms with Crippen molar-refractivity contribution in [1.82, 2.24) is 4.90 Å². The Morgan fingerprint density at radius 3 is 2.30 bits per heavy atom. The van der Waals surface area contributed by atoms with Gasteiger partial charge in [-0.05, 0) is 49.1 Å². The van der Waals surface area contributed by atoms with Crippen LogP contribution in [0.15, 0.2) is 30.4 Å². The van der Waals surface area contributed by atoms with Gasteiger partial charge >= 0.3 is 0 Å². The molecule has 1 aromatic rings. The normalized spacial score (nSPS) is 36.5. The molecule has 1 aromatic carbocycles. The van der Waals surface area contributed by atoms with Crippen molar-refractivity contribution in [2.75, 3.05) is 5.32 Å². The summed E-state index contributed by atoms with van der Waals surface area (Å²) in [6, 6.07) is 4.02.